The van der Waals surface area contributed by atoms with Gasteiger partial charge in [0.05, 0.1) is 0 Å². The summed E-state index contributed by atoms with van der Waals surface area (Å²) in [6, 6.07) is 8.41. The van der Waals surface area contributed by atoms with Crippen molar-refractivity contribution in [1.82, 2.24) is 0 Å². The van der Waals surface area contributed by atoms with Crippen LogP contribution in [-0.2, 0) is 0 Å². The molecule has 0 fully saturated rings. The minimum Gasteiger partial charge on any atom is -0.0879 e. The van der Waals surface area contributed by atoms with Crippen LogP contribution in [0.2, 0.25) is 0 Å². The quantitative estimate of drug-likeness (QED) is 0.438. The first-order valence-corrected chi connectivity index (χ1v) is 3.59. The molecule has 0 atom stereocenters. The molecular weight excluding hydrogens is 210 g/mol. The van der Waals surface area contributed by atoms with E-state index in [4.69, 9.17) is 0 Å². The summed E-state index contributed by atoms with van der Waals surface area (Å²) in [4.78, 5) is 0. The summed E-state index contributed by atoms with van der Waals surface area (Å²) in [6.07, 6.45) is 0. The molecule has 0 aliphatic heterocycles. The Hall–Kier alpha value is 0.0149. The lowest BCUT2D eigenvalue weighted by Crippen LogP contribution is -1.99. The second-order valence-electron chi connectivity index (χ2n) is 1.80. The van der Waals surface area contributed by atoms with Crippen LogP contribution in [0.1, 0.15) is 0 Å². The molecule has 1 rings (SSSR count). The Balaban J connectivity index is 3.08. The first kappa shape index (κ1) is 6.14. The average Bonchev–Trinajstić information content (AvgIpc) is 1.64. The van der Waals surface area contributed by atoms with Crippen molar-refractivity contribution in [2.24, 2.45) is 0 Å². The molecule has 0 heterocycles. The zero-order valence-electron chi connectivity index (χ0n) is 4.69. The Kier molecular flexibility index (Phi) is 1.94. The highest BCUT2D eigenvalue weighted by atomic mass is 127. The molecule has 0 aliphatic carbocycles. The van der Waals surface area contributed by atoms with E-state index in [1.807, 2.05) is 0 Å². The van der Waals surface area contributed by atoms with Crippen LogP contribution in [0, 0.1) is 3.57 Å². The molecule has 0 N–H and O–H groups in total. The van der Waals surface area contributed by atoms with Crippen LogP contribution in [0.3, 0.4) is 0 Å². The van der Waals surface area contributed by atoms with Crippen molar-refractivity contribution in [2.45, 2.75) is 0 Å². The number of halogens is 1. The van der Waals surface area contributed by atoms with E-state index in [9.17, 15) is 0 Å². The van der Waals surface area contributed by atoms with E-state index in [2.05, 4.69) is 54.7 Å². The normalized spacial score (nSPS) is 9.12. The maximum atomic E-state index is 2.31. The Bertz CT molecular complexity index is 168. The van der Waals surface area contributed by atoms with Gasteiger partial charge in [0, 0.05) is 3.57 Å². The maximum Gasteiger partial charge on any atom is 0.139 e. The van der Waals surface area contributed by atoms with Gasteiger partial charge >= 0.3 is 0 Å². The zero-order valence-corrected chi connectivity index (χ0v) is 6.84. The van der Waals surface area contributed by atoms with Crippen LogP contribution in [0.5, 0.6) is 0 Å². The highest BCUT2D eigenvalue weighted by Gasteiger charge is 1.82. The molecule has 0 spiro atoms. The van der Waals surface area contributed by atoms with Gasteiger partial charge in [0.1, 0.15) is 7.85 Å². The molecule has 0 saturated carbocycles. The van der Waals surface area contributed by atoms with E-state index in [-0.39, 0.29) is 0 Å². The third-order valence-corrected chi connectivity index (χ3v) is 1.65. The van der Waals surface area contributed by atoms with Crippen molar-refractivity contribution >= 4 is 35.9 Å². The summed E-state index contributed by atoms with van der Waals surface area (Å²) < 4.78 is 1.31. The first-order chi connectivity index (χ1) is 3.79. The Morgan fingerprint density at radius 3 is 2.50 bits per heavy atom. The van der Waals surface area contributed by atoms with Gasteiger partial charge in [-0.2, -0.15) is 0 Å². The van der Waals surface area contributed by atoms with Gasteiger partial charge in [-0.25, -0.2) is 0 Å². The van der Waals surface area contributed by atoms with Crippen molar-refractivity contribution in [3.8, 4) is 0 Å². The van der Waals surface area contributed by atoms with E-state index >= 15 is 0 Å². The number of hydrogen-bond donors (Lipinski definition) is 0. The summed E-state index contributed by atoms with van der Waals surface area (Å²) in [5.41, 5.74) is 1.33. The van der Waals surface area contributed by atoms with Gasteiger partial charge in [0.25, 0.3) is 0 Å². The second-order valence-corrected chi connectivity index (χ2v) is 3.04. The Morgan fingerprint density at radius 2 is 2.12 bits per heavy atom. The molecule has 2 heteroatoms. The second kappa shape index (κ2) is 2.53. The molecule has 0 saturated heterocycles. The molecule has 0 bridgehead atoms. The molecule has 0 nitrogen and oxygen atoms in total. The molecule has 8 heavy (non-hydrogen) atoms. The lowest BCUT2D eigenvalue weighted by atomic mass is 9.97. The van der Waals surface area contributed by atoms with Gasteiger partial charge in [-0.3, -0.25) is 0 Å². The summed E-state index contributed by atoms with van der Waals surface area (Å²) in [7, 11) is 2.10. The largest absolute Gasteiger partial charge is 0.139 e. The van der Waals surface area contributed by atoms with E-state index in [0.29, 0.717) is 0 Å². The van der Waals surface area contributed by atoms with Crippen molar-refractivity contribution in [3.05, 3.63) is 27.8 Å². The summed E-state index contributed by atoms with van der Waals surface area (Å²) >= 11 is 2.31. The molecule has 1 aromatic rings. The molecule has 0 radical (unpaired) electrons. The smallest absolute Gasteiger partial charge is 0.0879 e. The van der Waals surface area contributed by atoms with Crippen molar-refractivity contribution in [2.75, 3.05) is 0 Å². The molecule has 40 valence electrons. The van der Waals surface area contributed by atoms with Gasteiger partial charge < -0.3 is 0 Å². The lowest BCUT2D eigenvalue weighted by Gasteiger charge is -1.89. The fraction of sp³-hybridized carbons (Fsp3) is 0. The predicted molar refractivity (Wildman–Crippen MR) is 47.3 cm³/mol. The van der Waals surface area contributed by atoms with Crippen molar-refractivity contribution in [1.29, 1.82) is 0 Å². The van der Waals surface area contributed by atoms with Crippen LogP contribution in [0.15, 0.2) is 24.3 Å². The van der Waals surface area contributed by atoms with Gasteiger partial charge in [0.15, 0.2) is 0 Å². The molecule has 0 aromatic heterocycles. The monoisotopic (exact) mass is 216 g/mol. The first-order valence-electron chi connectivity index (χ1n) is 2.51. The fourth-order valence-electron chi connectivity index (χ4n) is 0.606. The maximum absolute atomic E-state index is 2.31. The van der Waals surface area contributed by atoms with E-state index < -0.39 is 0 Å². The zero-order chi connectivity index (χ0) is 5.98. The van der Waals surface area contributed by atoms with Gasteiger partial charge in [-0.15, -0.1) is 0 Å². The standard InChI is InChI=1S/C6H6BI/c7-5-2-1-3-6(8)4-5/h1-4H,7H2. The highest BCUT2D eigenvalue weighted by molar-refractivity contribution is 14.1. The predicted octanol–water partition coefficient (Wildman–Crippen LogP) is 0.550. The SMILES string of the molecule is Bc1cccc(I)c1. The third kappa shape index (κ3) is 1.51. The Labute approximate surface area is 63.8 Å². The van der Waals surface area contributed by atoms with E-state index in [1.165, 1.54) is 9.03 Å². The minimum atomic E-state index is 1.31. The Morgan fingerprint density at radius 1 is 1.38 bits per heavy atom. The van der Waals surface area contributed by atoms with Crippen LogP contribution in [-0.4, -0.2) is 7.85 Å². The number of rotatable bonds is 0. The van der Waals surface area contributed by atoms with Gasteiger partial charge in [-0.1, -0.05) is 23.7 Å². The highest BCUT2D eigenvalue weighted by Crippen LogP contribution is 1.98. The lowest BCUT2D eigenvalue weighted by molar-refractivity contribution is 1.70. The molecule has 0 amide bonds. The van der Waals surface area contributed by atoms with Gasteiger partial charge in [0.2, 0.25) is 0 Å². The summed E-state index contributed by atoms with van der Waals surface area (Å²) in [5.74, 6) is 0. The van der Waals surface area contributed by atoms with Crippen LogP contribution in [0.4, 0.5) is 0 Å². The summed E-state index contributed by atoms with van der Waals surface area (Å²) in [5, 5.41) is 0. The third-order valence-electron chi connectivity index (χ3n) is 0.980. The van der Waals surface area contributed by atoms with E-state index in [1.54, 1.807) is 0 Å². The van der Waals surface area contributed by atoms with Gasteiger partial charge in [-0.05, 0) is 28.7 Å². The molecular formula is C6H6BI. The van der Waals surface area contributed by atoms with Crippen molar-refractivity contribution < 1.29 is 0 Å². The molecule has 0 aliphatic rings. The minimum absolute atomic E-state index is 1.31. The number of benzene rings is 1. The topological polar surface area (TPSA) is 0 Å². The average molecular weight is 216 g/mol. The van der Waals surface area contributed by atoms with E-state index in [0.717, 1.165) is 0 Å². The van der Waals surface area contributed by atoms with Crippen LogP contribution >= 0.6 is 22.6 Å². The molecule has 1 aromatic carbocycles. The van der Waals surface area contributed by atoms with Crippen LogP contribution < -0.4 is 5.46 Å². The molecule has 0 unspecified atom stereocenters. The number of hydrogen-bond acceptors (Lipinski definition) is 0. The fourth-order valence-corrected chi connectivity index (χ4v) is 1.30. The summed E-state index contributed by atoms with van der Waals surface area (Å²) in [6.45, 7) is 0. The van der Waals surface area contributed by atoms with Crippen molar-refractivity contribution in [3.63, 3.8) is 0 Å². The van der Waals surface area contributed by atoms with Crippen LogP contribution in [0.25, 0.3) is 0 Å².